The summed E-state index contributed by atoms with van der Waals surface area (Å²) >= 11 is 0. The molecule has 2 aliphatic carbocycles. The number of rotatable bonds is 2. The van der Waals surface area contributed by atoms with Crippen LogP contribution in [0.1, 0.15) is 25.7 Å². The summed E-state index contributed by atoms with van der Waals surface area (Å²) in [6, 6.07) is 0. The fourth-order valence-electron chi connectivity index (χ4n) is 2.74. The highest BCUT2D eigenvalue weighted by atomic mass is 32.2. The van der Waals surface area contributed by atoms with Gasteiger partial charge in [-0.1, -0.05) is 0 Å². The van der Waals surface area contributed by atoms with Crippen LogP contribution in [0.3, 0.4) is 0 Å². The highest BCUT2D eigenvalue weighted by Crippen LogP contribution is 2.51. The third kappa shape index (κ3) is 1.50. The highest BCUT2D eigenvalue weighted by molar-refractivity contribution is 7.89. The van der Waals surface area contributed by atoms with E-state index in [1.54, 1.807) is 0 Å². The maximum Gasteiger partial charge on any atom is 0.210 e. The van der Waals surface area contributed by atoms with Crippen molar-refractivity contribution in [3.05, 3.63) is 0 Å². The average molecular weight is 203 g/mol. The van der Waals surface area contributed by atoms with Crippen LogP contribution < -0.4 is 5.14 Å². The van der Waals surface area contributed by atoms with Crippen LogP contribution in [-0.4, -0.2) is 20.0 Å². The van der Waals surface area contributed by atoms with Crippen LogP contribution in [0.2, 0.25) is 0 Å². The Kier molecular flexibility index (Phi) is 1.79. The molecule has 0 amide bonds. The van der Waals surface area contributed by atoms with E-state index in [0.29, 0.717) is 18.8 Å². The standard InChI is InChI=1S/C8H13NO3S/c9-13(11,12)5-8-2-1-6(4-8)3-7(8)10/h6H,1-5H2,(H2,9,11,12)/t6?,8-/m0/s1. The molecule has 0 aromatic carbocycles. The second-order valence-electron chi connectivity index (χ2n) is 4.32. The van der Waals surface area contributed by atoms with Gasteiger partial charge in [0.2, 0.25) is 10.0 Å². The van der Waals surface area contributed by atoms with Gasteiger partial charge >= 0.3 is 0 Å². The maximum absolute atomic E-state index is 11.5. The summed E-state index contributed by atoms with van der Waals surface area (Å²) < 4.78 is 21.9. The van der Waals surface area contributed by atoms with Crippen LogP contribution >= 0.6 is 0 Å². The molecule has 2 saturated carbocycles. The Hall–Kier alpha value is -0.420. The van der Waals surface area contributed by atoms with Crippen molar-refractivity contribution in [2.45, 2.75) is 25.7 Å². The van der Waals surface area contributed by atoms with Crippen molar-refractivity contribution < 1.29 is 13.2 Å². The molecule has 2 rings (SSSR count). The average Bonchev–Trinajstić information content (AvgIpc) is 2.39. The number of carbonyl (C=O) groups excluding carboxylic acids is 1. The van der Waals surface area contributed by atoms with Gasteiger partial charge in [0.25, 0.3) is 0 Å². The summed E-state index contributed by atoms with van der Waals surface area (Å²) in [6.07, 6.45) is 3.01. The number of primary sulfonamides is 1. The van der Waals surface area contributed by atoms with E-state index in [2.05, 4.69) is 0 Å². The minimum Gasteiger partial charge on any atom is -0.299 e. The maximum atomic E-state index is 11.5. The van der Waals surface area contributed by atoms with Crippen molar-refractivity contribution in [1.82, 2.24) is 0 Å². The minimum absolute atomic E-state index is 0.109. The summed E-state index contributed by atoms with van der Waals surface area (Å²) in [5, 5.41) is 4.98. The van der Waals surface area contributed by atoms with E-state index >= 15 is 0 Å². The lowest BCUT2D eigenvalue weighted by molar-refractivity contribution is -0.125. The number of carbonyl (C=O) groups is 1. The molecule has 0 radical (unpaired) electrons. The molecule has 2 atom stereocenters. The predicted octanol–water partition coefficient (Wildman–Crippen LogP) is 0.0342. The fraction of sp³-hybridized carbons (Fsp3) is 0.875. The van der Waals surface area contributed by atoms with Gasteiger partial charge in [-0.15, -0.1) is 0 Å². The quantitative estimate of drug-likeness (QED) is 0.688. The number of sulfonamides is 1. The summed E-state index contributed by atoms with van der Waals surface area (Å²) in [5.74, 6) is 0.391. The van der Waals surface area contributed by atoms with E-state index in [4.69, 9.17) is 5.14 Å². The van der Waals surface area contributed by atoms with Crippen molar-refractivity contribution in [1.29, 1.82) is 0 Å². The predicted molar refractivity (Wildman–Crippen MR) is 47.4 cm³/mol. The molecule has 0 aliphatic heterocycles. The van der Waals surface area contributed by atoms with Gasteiger partial charge in [0.1, 0.15) is 5.78 Å². The number of hydrogen-bond donors (Lipinski definition) is 1. The zero-order chi connectivity index (χ0) is 9.69. The molecule has 4 nitrogen and oxygen atoms in total. The van der Waals surface area contributed by atoms with Crippen LogP contribution in [0, 0.1) is 11.3 Å². The van der Waals surface area contributed by atoms with Crippen molar-refractivity contribution >= 4 is 15.8 Å². The second-order valence-corrected chi connectivity index (χ2v) is 5.94. The monoisotopic (exact) mass is 203 g/mol. The Morgan fingerprint density at radius 2 is 2.23 bits per heavy atom. The molecule has 0 spiro atoms. The Bertz CT molecular complexity index is 348. The van der Waals surface area contributed by atoms with Gasteiger partial charge < -0.3 is 0 Å². The number of fused-ring (bicyclic) bond motifs is 2. The van der Waals surface area contributed by atoms with Gasteiger partial charge in [-0.2, -0.15) is 0 Å². The first kappa shape index (κ1) is 9.15. The molecular weight excluding hydrogens is 190 g/mol. The third-order valence-corrected chi connectivity index (χ3v) is 4.21. The van der Waals surface area contributed by atoms with Gasteiger partial charge in [0.05, 0.1) is 5.75 Å². The minimum atomic E-state index is -3.51. The Balaban J connectivity index is 2.25. The summed E-state index contributed by atoms with van der Waals surface area (Å²) in [6.45, 7) is 0. The van der Waals surface area contributed by atoms with Gasteiger partial charge in [-0.05, 0) is 25.2 Å². The van der Waals surface area contributed by atoms with Crippen LogP contribution in [0.15, 0.2) is 0 Å². The van der Waals surface area contributed by atoms with Crippen molar-refractivity contribution in [3.8, 4) is 0 Å². The molecule has 2 N–H and O–H groups in total. The summed E-state index contributed by atoms with van der Waals surface area (Å²) in [4.78, 5) is 11.5. The lowest BCUT2D eigenvalue weighted by Gasteiger charge is -2.22. The normalized spacial score (nSPS) is 38.5. The molecule has 0 aromatic heterocycles. The first-order valence-corrected chi connectivity index (χ1v) is 6.17. The molecule has 5 heteroatoms. The fourth-order valence-corrected chi connectivity index (χ4v) is 3.93. The molecule has 2 bridgehead atoms. The second kappa shape index (κ2) is 2.54. The first-order valence-electron chi connectivity index (χ1n) is 4.45. The summed E-state index contributed by atoms with van der Waals surface area (Å²) in [7, 11) is -3.51. The van der Waals surface area contributed by atoms with Crippen LogP contribution in [0.4, 0.5) is 0 Å². The lowest BCUT2D eigenvalue weighted by atomic mass is 9.85. The van der Waals surface area contributed by atoms with Gasteiger partial charge in [-0.3, -0.25) is 4.79 Å². The molecule has 13 heavy (non-hydrogen) atoms. The van der Waals surface area contributed by atoms with E-state index in [0.717, 1.165) is 12.8 Å². The molecular formula is C8H13NO3S. The first-order chi connectivity index (χ1) is 5.91. The molecule has 0 saturated heterocycles. The SMILES string of the molecule is NS(=O)(=O)C[C@@]12CCC(CC1=O)C2. The number of ketones is 1. The Labute approximate surface area is 77.5 Å². The van der Waals surface area contributed by atoms with E-state index in [1.807, 2.05) is 0 Å². The molecule has 2 aliphatic rings. The van der Waals surface area contributed by atoms with E-state index in [1.165, 1.54) is 0 Å². The third-order valence-electron chi connectivity index (χ3n) is 3.25. The van der Waals surface area contributed by atoms with E-state index in [9.17, 15) is 13.2 Å². The zero-order valence-electron chi connectivity index (χ0n) is 7.32. The van der Waals surface area contributed by atoms with Crippen LogP contribution in [0.25, 0.3) is 0 Å². The van der Waals surface area contributed by atoms with Crippen molar-refractivity contribution in [2.75, 3.05) is 5.75 Å². The largest absolute Gasteiger partial charge is 0.299 e. The molecule has 0 aromatic rings. The smallest absolute Gasteiger partial charge is 0.210 e. The molecule has 1 unspecified atom stereocenters. The molecule has 2 fully saturated rings. The lowest BCUT2D eigenvalue weighted by Crippen LogP contribution is -2.36. The topological polar surface area (TPSA) is 77.2 Å². The van der Waals surface area contributed by atoms with Crippen LogP contribution in [0.5, 0.6) is 0 Å². The van der Waals surface area contributed by atoms with E-state index in [-0.39, 0.29) is 11.5 Å². The number of hydrogen-bond acceptors (Lipinski definition) is 3. The molecule has 0 heterocycles. The van der Waals surface area contributed by atoms with E-state index < -0.39 is 15.4 Å². The Morgan fingerprint density at radius 3 is 2.62 bits per heavy atom. The van der Waals surface area contributed by atoms with Crippen molar-refractivity contribution in [2.24, 2.45) is 16.5 Å². The zero-order valence-corrected chi connectivity index (χ0v) is 8.14. The molecule has 74 valence electrons. The van der Waals surface area contributed by atoms with Crippen LogP contribution in [-0.2, 0) is 14.8 Å². The number of Topliss-reactive ketones (excluding diaryl/α,β-unsaturated/α-hetero) is 1. The van der Waals surface area contributed by atoms with Gasteiger partial charge in [0, 0.05) is 11.8 Å². The van der Waals surface area contributed by atoms with Gasteiger partial charge in [0.15, 0.2) is 0 Å². The number of nitrogens with two attached hydrogens (primary N) is 1. The highest BCUT2D eigenvalue weighted by Gasteiger charge is 2.53. The summed E-state index contributed by atoms with van der Waals surface area (Å²) in [5.41, 5.74) is -0.599. The van der Waals surface area contributed by atoms with Crippen molar-refractivity contribution in [3.63, 3.8) is 0 Å². The van der Waals surface area contributed by atoms with Gasteiger partial charge in [-0.25, -0.2) is 13.6 Å². The Morgan fingerprint density at radius 1 is 1.54 bits per heavy atom.